The molecule has 0 spiro atoms. The van der Waals surface area contributed by atoms with E-state index < -0.39 is 23.4 Å². The first-order valence-electron chi connectivity index (χ1n) is 10.7. The van der Waals surface area contributed by atoms with Gasteiger partial charge in [0.05, 0.1) is 18.7 Å². The Morgan fingerprint density at radius 1 is 1.11 bits per heavy atom. The summed E-state index contributed by atoms with van der Waals surface area (Å²) in [6.45, 7) is 1.88. The maximum Gasteiger partial charge on any atom is 0.240 e. The summed E-state index contributed by atoms with van der Waals surface area (Å²) in [5.41, 5.74) is 1.74. The molecule has 0 saturated carbocycles. The van der Waals surface area contributed by atoms with Crippen molar-refractivity contribution in [3.05, 3.63) is 83.0 Å². The normalized spacial score (nSPS) is 12.4. The molecule has 0 saturated heterocycles. The van der Waals surface area contributed by atoms with Crippen LogP contribution in [-0.4, -0.2) is 37.7 Å². The summed E-state index contributed by atoms with van der Waals surface area (Å²) < 4.78 is 54.0. The number of rotatable bonds is 9. The smallest absolute Gasteiger partial charge is 0.240 e. The molecular formula is C24H21ClF3N5O2. The highest BCUT2D eigenvalue weighted by Gasteiger charge is 2.23. The number of pyridine rings is 1. The SMILES string of the molecule is COc1cc(C=Cc2nnc(C(CCCCl)c3cc(F)c(F)c(F)c3)o2)cnc1-n1cnc(C)c1. The molecule has 0 bridgehead atoms. The average Bonchev–Trinajstić information content (AvgIpc) is 3.50. The Morgan fingerprint density at radius 2 is 1.89 bits per heavy atom. The summed E-state index contributed by atoms with van der Waals surface area (Å²) in [4.78, 5) is 8.64. The van der Waals surface area contributed by atoms with Gasteiger partial charge in [0.15, 0.2) is 29.0 Å². The lowest BCUT2D eigenvalue weighted by Gasteiger charge is -2.13. The number of hydrogen-bond donors (Lipinski definition) is 0. The van der Waals surface area contributed by atoms with E-state index in [2.05, 4.69) is 20.2 Å². The highest BCUT2D eigenvalue weighted by molar-refractivity contribution is 6.17. The summed E-state index contributed by atoms with van der Waals surface area (Å²) in [7, 11) is 1.55. The first kappa shape index (κ1) is 24.5. The molecule has 3 aromatic heterocycles. The van der Waals surface area contributed by atoms with Crippen LogP contribution in [0.1, 0.15) is 47.4 Å². The van der Waals surface area contributed by atoms with Gasteiger partial charge < -0.3 is 9.15 Å². The van der Waals surface area contributed by atoms with Gasteiger partial charge in [-0.1, -0.05) is 0 Å². The lowest BCUT2D eigenvalue weighted by atomic mass is 9.94. The molecule has 0 aliphatic heterocycles. The van der Waals surface area contributed by atoms with Gasteiger partial charge >= 0.3 is 0 Å². The molecule has 4 aromatic rings. The van der Waals surface area contributed by atoms with Crippen molar-refractivity contribution in [1.82, 2.24) is 24.7 Å². The number of nitrogens with zero attached hydrogens (tertiary/aromatic N) is 5. The maximum atomic E-state index is 13.8. The van der Waals surface area contributed by atoms with Gasteiger partial charge in [0, 0.05) is 24.3 Å². The minimum absolute atomic E-state index is 0.140. The Morgan fingerprint density at radius 3 is 2.54 bits per heavy atom. The quantitative estimate of drug-likeness (QED) is 0.215. The zero-order chi connectivity index (χ0) is 24.9. The second-order valence-corrected chi connectivity index (χ2v) is 8.09. The molecule has 4 rings (SSSR count). The minimum atomic E-state index is -1.53. The topological polar surface area (TPSA) is 78.9 Å². The molecule has 35 heavy (non-hydrogen) atoms. The molecule has 0 fully saturated rings. The zero-order valence-corrected chi connectivity index (χ0v) is 19.6. The molecule has 0 N–H and O–H groups in total. The minimum Gasteiger partial charge on any atom is -0.493 e. The number of imidazole rings is 1. The van der Waals surface area contributed by atoms with E-state index in [0.717, 1.165) is 17.8 Å². The van der Waals surface area contributed by atoms with Crippen LogP contribution in [0.2, 0.25) is 0 Å². The summed E-state index contributed by atoms with van der Waals surface area (Å²) >= 11 is 5.80. The van der Waals surface area contributed by atoms with Crippen molar-refractivity contribution >= 4 is 23.8 Å². The first-order valence-corrected chi connectivity index (χ1v) is 11.2. The van der Waals surface area contributed by atoms with Crippen LogP contribution in [0.25, 0.3) is 18.0 Å². The molecule has 7 nitrogen and oxygen atoms in total. The van der Waals surface area contributed by atoms with Crippen molar-refractivity contribution < 1.29 is 22.3 Å². The number of halogens is 4. The van der Waals surface area contributed by atoms with Crippen LogP contribution in [0.15, 0.2) is 41.3 Å². The fraction of sp³-hybridized carbons (Fsp3) is 0.250. The molecule has 1 aromatic carbocycles. The first-order chi connectivity index (χ1) is 16.9. The highest BCUT2D eigenvalue weighted by atomic mass is 35.5. The fourth-order valence-corrected chi connectivity index (χ4v) is 3.69. The van der Waals surface area contributed by atoms with E-state index in [-0.39, 0.29) is 17.3 Å². The standard InChI is InChI=1S/C24H21ClF3N5O2/c1-14-12-33(13-30-14)23-20(34-2)8-15(11-29-23)5-6-21-31-32-24(35-21)17(4-3-7-25)16-9-18(26)22(28)19(27)10-16/h5-6,8-13,17H,3-4,7H2,1-2H3. The van der Waals surface area contributed by atoms with Crippen LogP contribution in [0.4, 0.5) is 13.2 Å². The monoisotopic (exact) mass is 503 g/mol. The molecule has 1 atom stereocenters. The van der Waals surface area contributed by atoms with E-state index in [4.69, 9.17) is 20.8 Å². The van der Waals surface area contributed by atoms with E-state index in [1.165, 1.54) is 0 Å². The fourth-order valence-electron chi connectivity index (χ4n) is 3.54. The second kappa shape index (κ2) is 10.7. The van der Waals surface area contributed by atoms with E-state index >= 15 is 0 Å². The van der Waals surface area contributed by atoms with Crippen LogP contribution < -0.4 is 4.74 Å². The zero-order valence-electron chi connectivity index (χ0n) is 18.9. The van der Waals surface area contributed by atoms with Crippen molar-refractivity contribution in [3.63, 3.8) is 0 Å². The van der Waals surface area contributed by atoms with E-state index in [1.54, 1.807) is 42.4 Å². The number of hydrogen-bond acceptors (Lipinski definition) is 6. The van der Waals surface area contributed by atoms with Crippen LogP contribution >= 0.6 is 11.6 Å². The highest BCUT2D eigenvalue weighted by Crippen LogP contribution is 2.31. The number of ether oxygens (including phenoxy) is 1. The van der Waals surface area contributed by atoms with E-state index in [0.29, 0.717) is 35.9 Å². The lowest BCUT2D eigenvalue weighted by Crippen LogP contribution is -2.05. The van der Waals surface area contributed by atoms with Gasteiger partial charge in [0.1, 0.15) is 6.33 Å². The summed E-state index contributed by atoms with van der Waals surface area (Å²) in [6.07, 6.45) is 9.33. The summed E-state index contributed by atoms with van der Waals surface area (Å²) in [5.74, 6) is -2.98. The van der Waals surface area contributed by atoms with Crippen LogP contribution in [-0.2, 0) is 0 Å². The molecule has 0 aliphatic rings. The van der Waals surface area contributed by atoms with Crippen LogP contribution in [0, 0.1) is 24.4 Å². The molecule has 182 valence electrons. The van der Waals surface area contributed by atoms with Crippen molar-refractivity contribution in [2.24, 2.45) is 0 Å². The number of aryl methyl sites for hydroxylation is 1. The largest absolute Gasteiger partial charge is 0.493 e. The summed E-state index contributed by atoms with van der Waals surface area (Å²) in [6, 6.07) is 3.65. The number of methoxy groups -OCH3 is 1. The van der Waals surface area contributed by atoms with Crippen molar-refractivity contribution in [3.8, 4) is 11.6 Å². The third-order valence-electron chi connectivity index (χ3n) is 5.24. The summed E-state index contributed by atoms with van der Waals surface area (Å²) in [5, 5.41) is 8.03. The van der Waals surface area contributed by atoms with E-state index in [9.17, 15) is 13.2 Å². The van der Waals surface area contributed by atoms with Crippen molar-refractivity contribution in [2.75, 3.05) is 13.0 Å². The Balaban J connectivity index is 1.58. The molecule has 0 amide bonds. The number of alkyl halides is 1. The third-order valence-corrected chi connectivity index (χ3v) is 5.51. The van der Waals surface area contributed by atoms with Crippen LogP contribution in [0.5, 0.6) is 5.75 Å². The third kappa shape index (κ3) is 5.54. The van der Waals surface area contributed by atoms with Gasteiger partial charge in [-0.25, -0.2) is 23.1 Å². The molecule has 3 heterocycles. The van der Waals surface area contributed by atoms with Gasteiger partial charge in [-0.05, 0) is 55.2 Å². The van der Waals surface area contributed by atoms with Gasteiger partial charge in [0.25, 0.3) is 0 Å². The van der Waals surface area contributed by atoms with Gasteiger partial charge in [0.2, 0.25) is 11.8 Å². The predicted molar refractivity (Wildman–Crippen MR) is 124 cm³/mol. The number of benzene rings is 1. The Bertz CT molecular complexity index is 1330. The predicted octanol–water partition coefficient (Wildman–Crippen LogP) is 5.71. The second-order valence-electron chi connectivity index (χ2n) is 7.71. The molecule has 1 unspecified atom stereocenters. The van der Waals surface area contributed by atoms with Gasteiger partial charge in [-0.2, -0.15) is 0 Å². The Kier molecular flexibility index (Phi) is 7.50. The van der Waals surface area contributed by atoms with Gasteiger partial charge in [-0.3, -0.25) is 4.57 Å². The average molecular weight is 504 g/mol. The Hall–Kier alpha value is -3.66. The molecule has 0 radical (unpaired) electrons. The Labute approximate surface area is 204 Å². The maximum absolute atomic E-state index is 13.8. The van der Waals surface area contributed by atoms with Gasteiger partial charge in [-0.15, -0.1) is 21.8 Å². The lowest BCUT2D eigenvalue weighted by molar-refractivity contribution is 0.410. The molecule has 0 aliphatic carbocycles. The molecule has 11 heteroatoms. The van der Waals surface area contributed by atoms with Crippen LogP contribution in [0.3, 0.4) is 0 Å². The molecular weight excluding hydrogens is 483 g/mol. The van der Waals surface area contributed by atoms with Crippen molar-refractivity contribution in [2.45, 2.75) is 25.7 Å². The van der Waals surface area contributed by atoms with Crippen molar-refractivity contribution in [1.29, 1.82) is 0 Å². The number of aromatic nitrogens is 5. The van der Waals surface area contributed by atoms with E-state index in [1.807, 2.05) is 13.1 Å².